The summed E-state index contributed by atoms with van der Waals surface area (Å²) < 4.78 is 1.95. The van der Waals surface area contributed by atoms with Gasteiger partial charge in [0.05, 0.1) is 12.2 Å². The smallest absolute Gasteiger partial charge is 0.251 e. The first-order valence-corrected chi connectivity index (χ1v) is 10.1. The molecule has 0 spiro atoms. The molecule has 1 aromatic heterocycles. The Morgan fingerprint density at radius 2 is 1.76 bits per heavy atom. The quantitative estimate of drug-likeness (QED) is 0.638. The number of nitrogens with zero attached hydrogens (tertiary/aromatic N) is 2. The van der Waals surface area contributed by atoms with Crippen LogP contribution in [0.4, 0.5) is 0 Å². The Balaban J connectivity index is 1.61. The van der Waals surface area contributed by atoms with Gasteiger partial charge in [-0.1, -0.05) is 50.2 Å². The third-order valence-corrected chi connectivity index (χ3v) is 5.14. The normalized spacial score (nSPS) is 12.2. The molecule has 0 fully saturated rings. The Bertz CT molecular complexity index is 973. The fourth-order valence-electron chi connectivity index (χ4n) is 3.37. The summed E-state index contributed by atoms with van der Waals surface area (Å²) in [5, 5.41) is 7.44. The molecule has 2 aromatic carbocycles. The second kappa shape index (κ2) is 9.05. The number of hydrogen-bond acceptors (Lipinski definition) is 3. The molecule has 1 unspecified atom stereocenters. The molecule has 1 heterocycles. The highest BCUT2D eigenvalue weighted by Crippen LogP contribution is 2.17. The van der Waals surface area contributed by atoms with Gasteiger partial charge in [0.1, 0.15) is 0 Å². The number of rotatable bonds is 7. The number of aryl methyl sites for hydroxylation is 2. The summed E-state index contributed by atoms with van der Waals surface area (Å²) in [6, 6.07) is 17.7. The Morgan fingerprint density at radius 1 is 1.07 bits per heavy atom. The first-order chi connectivity index (χ1) is 13.8. The van der Waals surface area contributed by atoms with Crippen molar-refractivity contribution in [2.45, 2.75) is 46.2 Å². The van der Waals surface area contributed by atoms with Gasteiger partial charge in [-0.2, -0.15) is 5.10 Å². The molecule has 0 aliphatic carbocycles. The maximum Gasteiger partial charge on any atom is 0.251 e. The van der Waals surface area contributed by atoms with Crippen LogP contribution >= 0.6 is 0 Å². The number of aromatic nitrogens is 2. The van der Waals surface area contributed by atoms with E-state index in [1.54, 1.807) is 0 Å². The number of amides is 1. The van der Waals surface area contributed by atoms with Crippen LogP contribution in [0.5, 0.6) is 0 Å². The zero-order valence-electron chi connectivity index (χ0n) is 17.6. The van der Waals surface area contributed by atoms with Gasteiger partial charge < -0.3 is 11.1 Å². The van der Waals surface area contributed by atoms with Crippen LogP contribution in [0.2, 0.25) is 0 Å². The zero-order chi connectivity index (χ0) is 21.0. The molecule has 29 heavy (non-hydrogen) atoms. The van der Waals surface area contributed by atoms with Gasteiger partial charge in [0.15, 0.2) is 0 Å². The number of nitrogens with two attached hydrogens (primary N) is 1. The Labute approximate surface area is 172 Å². The number of benzene rings is 2. The molecule has 0 saturated heterocycles. The van der Waals surface area contributed by atoms with E-state index in [-0.39, 0.29) is 11.9 Å². The van der Waals surface area contributed by atoms with Gasteiger partial charge >= 0.3 is 0 Å². The van der Waals surface area contributed by atoms with E-state index in [0.717, 1.165) is 22.5 Å². The number of hydrogen-bond donors (Lipinski definition) is 2. The van der Waals surface area contributed by atoms with Crippen molar-refractivity contribution in [3.05, 3.63) is 88.2 Å². The highest BCUT2D eigenvalue weighted by atomic mass is 16.1. The van der Waals surface area contributed by atoms with Crippen LogP contribution in [0.1, 0.15) is 64.2 Å². The molecule has 0 bridgehead atoms. The van der Waals surface area contributed by atoms with Gasteiger partial charge in [0.25, 0.3) is 5.91 Å². The SMILES string of the molecule is Cc1cc(C)n(Cc2cccc(C(=O)NCC(N)c3ccc(C(C)C)cc3)c2)n1. The van der Waals surface area contributed by atoms with Gasteiger partial charge in [0.2, 0.25) is 0 Å². The van der Waals surface area contributed by atoms with Crippen molar-refractivity contribution in [3.8, 4) is 0 Å². The molecule has 0 saturated carbocycles. The minimum atomic E-state index is -0.238. The zero-order valence-corrected chi connectivity index (χ0v) is 17.6. The van der Waals surface area contributed by atoms with E-state index in [0.29, 0.717) is 24.6 Å². The average molecular weight is 391 g/mol. The van der Waals surface area contributed by atoms with E-state index < -0.39 is 0 Å². The van der Waals surface area contributed by atoms with Crippen molar-refractivity contribution < 1.29 is 4.79 Å². The summed E-state index contributed by atoms with van der Waals surface area (Å²) in [6.07, 6.45) is 0. The van der Waals surface area contributed by atoms with Crippen LogP contribution in [0.25, 0.3) is 0 Å². The van der Waals surface area contributed by atoms with Crippen molar-refractivity contribution in [1.29, 1.82) is 0 Å². The fraction of sp³-hybridized carbons (Fsp3) is 0.333. The number of carbonyl (C=O) groups excluding carboxylic acids is 1. The molecule has 1 amide bonds. The number of nitrogens with one attached hydrogen (secondary N) is 1. The summed E-state index contributed by atoms with van der Waals surface area (Å²) in [5.74, 6) is 0.371. The molecule has 0 aliphatic heterocycles. The van der Waals surface area contributed by atoms with E-state index in [9.17, 15) is 4.79 Å². The Morgan fingerprint density at radius 3 is 2.38 bits per heavy atom. The predicted octanol–water partition coefficient (Wildman–Crippen LogP) is 4.10. The third kappa shape index (κ3) is 5.33. The topological polar surface area (TPSA) is 72.9 Å². The van der Waals surface area contributed by atoms with E-state index in [1.807, 2.05) is 61.0 Å². The van der Waals surface area contributed by atoms with Crippen LogP contribution < -0.4 is 11.1 Å². The Hall–Kier alpha value is -2.92. The number of carbonyl (C=O) groups is 1. The van der Waals surface area contributed by atoms with Crippen LogP contribution in [0.3, 0.4) is 0 Å². The van der Waals surface area contributed by atoms with E-state index in [4.69, 9.17) is 5.73 Å². The van der Waals surface area contributed by atoms with Crippen LogP contribution in [0, 0.1) is 13.8 Å². The molecular weight excluding hydrogens is 360 g/mol. The van der Waals surface area contributed by atoms with Gasteiger partial charge in [-0.25, -0.2) is 0 Å². The third-order valence-electron chi connectivity index (χ3n) is 5.14. The first kappa shape index (κ1) is 20.8. The van der Waals surface area contributed by atoms with Crippen molar-refractivity contribution in [3.63, 3.8) is 0 Å². The summed E-state index contributed by atoms with van der Waals surface area (Å²) >= 11 is 0. The minimum Gasteiger partial charge on any atom is -0.350 e. The monoisotopic (exact) mass is 390 g/mol. The highest BCUT2D eigenvalue weighted by Gasteiger charge is 2.11. The molecule has 5 nitrogen and oxygen atoms in total. The first-order valence-electron chi connectivity index (χ1n) is 10.1. The molecule has 3 aromatic rings. The molecule has 152 valence electrons. The summed E-state index contributed by atoms with van der Waals surface area (Å²) in [6.45, 7) is 9.37. The van der Waals surface area contributed by atoms with Crippen molar-refractivity contribution in [2.75, 3.05) is 6.54 Å². The Kier molecular flexibility index (Phi) is 6.49. The maximum absolute atomic E-state index is 12.6. The minimum absolute atomic E-state index is 0.116. The van der Waals surface area contributed by atoms with Crippen molar-refractivity contribution in [1.82, 2.24) is 15.1 Å². The molecule has 0 radical (unpaired) electrons. The largest absolute Gasteiger partial charge is 0.350 e. The van der Waals surface area contributed by atoms with Gasteiger partial charge in [-0.3, -0.25) is 9.48 Å². The van der Waals surface area contributed by atoms with Gasteiger partial charge in [0, 0.05) is 23.8 Å². The molecule has 0 aliphatic rings. The molecule has 3 rings (SSSR count). The molecule has 1 atom stereocenters. The second-order valence-corrected chi connectivity index (χ2v) is 7.92. The van der Waals surface area contributed by atoms with Crippen LogP contribution in [-0.4, -0.2) is 22.2 Å². The van der Waals surface area contributed by atoms with Gasteiger partial charge in [-0.15, -0.1) is 0 Å². The molecule has 5 heteroatoms. The van der Waals surface area contributed by atoms with Gasteiger partial charge in [-0.05, 0) is 54.7 Å². The lowest BCUT2D eigenvalue weighted by atomic mass is 9.99. The lowest BCUT2D eigenvalue weighted by Crippen LogP contribution is -2.32. The highest BCUT2D eigenvalue weighted by molar-refractivity contribution is 5.94. The van der Waals surface area contributed by atoms with E-state index in [2.05, 4.69) is 36.4 Å². The summed E-state index contributed by atoms with van der Waals surface area (Å²) in [5.41, 5.74) is 12.3. The lowest BCUT2D eigenvalue weighted by molar-refractivity contribution is 0.0951. The standard InChI is InChI=1S/C24H30N4O/c1-16(2)20-8-10-21(11-9-20)23(25)14-26-24(29)22-7-5-6-19(13-22)15-28-18(4)12-17(3)27-28/h5-13,16,23H,14-15,25H2,1-4H3,(H,26,29). The maximum atomic E-state index is 12.6. The second-order valence-electron chi connectivity index (χ2n) is 7.92. The van der Waals surface area contributed by atoms with Crippen molar-refractivity contribution in [2.24, 2.45) is 5.73 Å². The van der Waals surface area contributed by atoms with Crippen LogP contribution in [0.15, 0.2) is 54.6 Å². The molecule has 3 N–H and O–H groups in total. The fourth-order valence-corrected chi connectivity index (χ4v) is 3.37. The summed E-state index contributed by atoms with van der Waals surface area (Å²) in [4.78, 5) is 12.6. The lowest BCUT2D eigenvalue weighted by Gasteiger charge is -2.15. The van der Waals surface area contributed by atoms with Crippen molar-refractivity contribution >= 4 is 5.91 Å². The van der Waals surface area contributed by atoms with Crippen LogP contribution in [-0.2, 0) is 6.54 Å². The average Bonchev–Trinajstić information content (AvgIpc) is 3.02. The van der Waals surface area contributed by atoms with E-state index >= 15 is 0 Å². The molecular formula is C24H30N4O. The van der Waals surface area contributed by atoms with E-state index in [1.165, 1.54) is 5.56 Å². The predicted molar refractivity (Wildman–Crippen MR) is 117 cm³/mol. The summed E-state index contributed by atoms with van der Waals surface area (Å²) in [7, 11) is 0.